The number of hydrogen-bond donors (Lipinski definition) is 0. The molecule has 1 aliphatic heterocycles. The fraction of sp³-hybridized carbons (Fsp3) is 0.952. The lowest BCUT2D eigenvalue weighted by atomic mass is 9.44. The molecule has 1 heterocycles. The monoisotopic (exact) mass is 316 g/mol. The average Bonchev–Trinajstić information content (AvgIpc) is 3.04. The molecule has 5 aliphatic rings. The molecule has 5 rings (SSSR count). The van der Waals surface area contributed by atoms with Crippen molar-refractivity contribution in [1.82, 2.24) is 0 Å². The standard InChI is InChI=1S/C21H32O2/c1-13-16-8-9-18-15-7-6-14-5-3-4-11-20(14,2)17(15)10-12-21(16,18)19(22)23-13/h13-18H,3-12H2,1-2H3/t13?,14-,15-,16-,17+,18+,20+,21+/m1/s1. The van der Waals surface area contributed by atoms with Crippen LogP contribution >= 0.6 is 0 Å². The first-order chi connectivity index (χ1) is 11.1. The van der Waals surface area contributed by atoms with E-state index in [9.17, 15) is 4.79 Å². The van der Waals surface area contributed by atoms with Gasteiger partial charge in [0.15, 0.2) is 0 Å². The zero-order valence-electron chi connectivity index (χ0n) is 14.9. The van der Waals surface area contributed by atoms with Gasteiger partial charge in [0.2, 0.25) is 0 Å². The third-order valence-corrected chi connectivity index (χ3v) is 9.40. The first-order valence-corrected chi connectivity index (χ1v) is 10.3. The number of cyclic esters (lactones) is 1. The molecular weight excluding hydrogens is 284 g/mol. The zero-order chi connectivity index (χ0) is 15.8. The zero-order valence-corrected chi connectivity index (χ0v) is 14.9. The highest BCUT2D eigenvalue weighted by molar-refractivity contribution is 5.81. The summed E-state index contributed by atoms with van der Waals surface area (Å²) >= 11 is 0. The van der Waals surface area contributed by atoms with Crippen molar-refractivity contribution in [1.29, 1.82) is 0 Å². The SMILES string of the molecule is CC1OC(=O)[C@]23CC[C@H]4[C@@H](CC[C@H]5CCCC[C@@]54C)[C@@H]2CC[C@H]13. The van der Waals surface area contributed by atoms with Crippen LogP contribution in [0.3, 0.4) is 0 Å². The van der Waals surface area contributed by atoms with Crippen LogP contribution in [-0.4, -0.2) is 12.1 Å². The van der Waals surface area contributed by atoms with Gasteiger partial charge in [0, 0.05) is 5.92 Å². The molecule has 128 valence electrons. The van der Waals surface area contributed by atoms with E-state index in [1.807, 2.05) is 0 Å². The van der Waals surface area contributed by atoms with Gasteiger partial charge in [-0.2, -0.15) is 0 Å². The molecule has 0 amide bonds. The van der Waals surface area contributed by atoms with Crippen molar-refractivity contribution in [3.05, 3.63) is 0 Å². The fourth-order valence-electron chi connectivity index (χ4n) is 8.43. The molecule has 0 aromatic carbocycles. The number of hydrogen-bond acceptors (Lipinski definition) is 2. The second-order valence-corrected chi connectivity index (χ2v) is 9.78. The number of ether oxygens (including phenoxy) is 1. The summed E-state index contributed by atoms with van der Waals surface area (Å²) in [6, 6.07) is 0. The van der Waals surface area contributed by atoms with E-state index in [2.05, 4.69) is 13.8 Å². The van der Waals surface area contributed by atoms with Crippen molar-refractivity contribution in [3.63, 3.8) is 0 Å². The van der Waals surface area contributed by atoms with Crippen LogP contribution in [0.5, 0.6) is 0 Å². The smallest absolute Gasteiger partial charge is 0.313 e. The highest BCUT2D eigenvalue weighted by Crippen LogP contribution is 2.69. The second-order valence-electron chi connectivity index (χ2n) is 9.78. The van der Waals surface area contributed by atoms with Gasteiger partial charge in [-0.1, -0.05) is 19.8 Å². The van der Waals surface area contributed by atoms with Gasteiger partial charge in [0.05, 0.1) is 5.41 Å². The molecule has 0 aromatic rings. The number of esters is 1. The Kier molecular flexibility index (Phi) is 3.06. The molecule has 1 unspecified atom stereocenters. The molecule has 0 N–H and O–H groups in total. The van der Waals surface area contributed by atoms with Gasteiger partial charge in [-0.25, -0.2) is 0 Å². The predicted molar refractivity (Wildman–Crippen MR) is 89.7 cm³/mol. The highest BCUT2D eigenvalue weighted by atomic mass is 16.6. The maximum Gasteiger partial charge on any atom is 0.313 e. The maximum absolute atomic E-state index is 12.8. The summed E-state index contributed by atoms with van der Waals surface area (Å²) < 4.78 is 5.76. The number of rotatable bonds is 0. The van der Waals surface area contributed by atoms with Crippen molar-refractivity contribution < 1.29 is 9.53 Å². The fourth-order valence-corrected chi connectivity index (χ4v) is 8.43. The first-order valence-electron chi connectivity index (χ1n) is 10.3. The topological polar surface area (TPSA) is 26.3 Å². The van der Waals surface area contributed by atoms with Gasteiger partial charge in [-0.15, -0.1) is 0 Å². The molecule has 0 aromatic heterocycles. The third kappa shape index (κ3) is 1.69. The van der Waals surface area contributed by atoms with E-state index in [-0.39, 0.29) is 17.5 Å². The molecule has 1 saturated heterocycles. The minimum absolute atomic E-state index is 0.0710. The summed E-state index contributed by atoms with van der Waals surface area (Å²) in [5.74, 6) is 4.02. The summed E-state index contributed by atoms with van der Waals surface area (Å²) in [4.78, 5) is 12.8. The Morgan fingerprint density at radius 1 is 0.913 bits per heavy atom. The van der Waals surface area contributed by atoms with Gasteiger partial charge in [0.25, 0.3) is 0 Å². The minimum Gasteiger partial charge on any atom is -0.462 e. The van der Waals surface area contributed by atoms with Crippen LogP contribution in [0.1, 0.15) is 78.1 Å². The van der Waals surface area contributed by atoms with E-state index < -0.39 is 0 Å². The lowest BCUT2D eigenvalue weighted by molar-refractivity contribution is -0.162. The Balaban J connectivity index is 1.51. The lowest BCUT2D eigenvalue weighted by Crippen LogP contribution is -2.54. The number of fused-ring (bicyclic) bond motifs is 4. The summed E-state index contributed by atoms with van der Waals surface area (Å²) in [5.41, 5.74) is 0.507. The van der Waals surface area contributed by atoms with Crippen molar-refractivity contribution in [2.75, 3.05) is 0 Å². The molecule has 2 heteroatoms. The van der Waals surface area contributed by atoms with Crippen molar-refractivity contribution in [2.45, 2.75) is 84.2 Å². The molecule has 5 fully saturated rings. The normalized spacial score (nSPS) is 57.9. The highest BCUT2D eigenvalue weighted by Gasteiger charge is 2.68. The van der Waals surface area contributed by atoms with E-state index >= 15 is 0 Å². The average molecular weight is 316 g/mol. The molecule has 0 bridgehead atoms. The largest absolute Gasteiger partial charge is 0.462 e. The Hall–Kier alpha value is -0.530. The minimum atomic E-state index is -0.0710. The number of carbonyl (C=O) groups excluding carboxylic acids is 1. The van der Waals surface area contributed by atoms with Gasteiger partial charge in [-0.3, -0.25) is 4.79 Å². The molecule has 2 nitrogen and oxygen atoms in total. The third-order valence-electron chi connectivity index (χ3n) is 9.40. The van der Waals surface area contributed by atoms with Gasteiger partial charge in [-0.05, 0) is 87.4 Å². The molecular formula is C21H32O2. The quantitative estimate of drug-likeness (QED) is 0.590. The van der Waals surface area contributed by atoms with E-state index in [1.54, 1.807) is 0 Å². The van der Waals surface area contributed by atoms with Crippen LogP contribution in [0.15, 0.2) is 0 Å². The number of carbonyl (C=O) groups is 1. The first kappa shape index (κ1) is 14.8. The molecule has 8 atom stereocenters. The summed E-state index contributed by atoms with van der Waals surface area (Å²) in [7, 11) is 0. The predicted octanol–water partition coefficient (Wildman–Crippen LogP) is 4.96. The molecule has 4 saturated carbocycles. The molecule has 0 radical (unpaired) electrons. The van der Waals surface area contributed by atoms with E-state index in [0.29, 0.717) is 17.3 Å². The van der Waals surface area contributed by atoms with Gasteiger partial charge < -0.3 is 4.74 Å². The Morgan fingerprint density at radius 2 is 1.74 bits per heavy atom. The van der Waals surface area contributed by atoms with Crippen LogP contribution in [0.25, 0.3) is 0 Å². The van der Waals surface area contributed by atoms with Crippen LogP contribution in [0.2, 0.25) is 0 Å². The van der Waals surface area contributed by atoms with E-state index in [4.69, 9.17) is 4.74 Å². The van der Waals surface area contributed by atoms with Gasteiger partial charge in [0.1, 0.15) is 6.10 Å². The van der Waals surface area contributed by atoms with Crippen LogP contribution in [-0.2, 0) is 9.53 Å². The van der Waals surface area contributed by atoms with Crippen molar-refractivity contribution in [2.24, 2.45) is 40.4 Å². The second kappa shape index (κ2) is 4.76. The summed E-state index contributed by atoms with van der Waals surface area (Å²) in [6.45, 7) is 4.76. The van der Waals surface area contributed by atoms with Crippen LogP contribution in [0, 0.1) is 40.4 Å². The Bertz CT molecular complexity index is 528. The lowest BCUT2D eigenvalue weighted by Gasteiger charge is -2.59. The summed E-state index contributed by atoms with van der Waals surface area (Å²) in [6.07, 6.45) is 13.8. The van der Waals surface area contributed by atoms with Crippen LogP contribution < -0.4 is 0 Å². The maximum atomic E-state index is 12.8. The summed E-state index contributed by atoms with van der Waals surface area (Å²) in [5, 5.41) is 0. The van der Waals surface area contributed by atoms with Crippen molar-refractivity contribution in [3.8, 4) is 0 Å². The Morgan fingerprint density at radius 3 is 2.61 bits per heavy atom. The van der Waals surface area contributed by atoms with E-state index in [0.717, 1.165) is 24.2 Å². The van der Waals surface area contributed by atoms with E-state index in [1.165, 1.54) is 57.8 Å². The van der Waals surface area contributed by atoms with Gasteiger partial charge >= 0.3 is 5.97 Å². The Labute approximate surface area is 140 Å². The molecule has 4 aliphatic carbocycles. The van der Waals surface area contributed by atoms with Crippen LogP contribution in [0.4, 0.5) is 0 Å². The molecule has 1 spiro atoms. The van der Waals surface area contributed by atoms with Crippen molar-refractivity contribution >= 4 is 5.97 Å². The molecule has 23 heavy (non-hydrogen) atoms.